The third kappa shape index (κ3) is 3.48. The van der Waals surface area contributed by atoms with Gasteiger partial charge >= 0.3 is 0 Å². The summed E-state index contributed by atoms with van der Waals surface area (Å²) in [5.41, 5.74) is 13.9. The molecule has 20 heavy (non-hydrogen) atoms. The highest BCUT2D eigenvalue weighted by Gasteiger charge is 2.21. The van der Waals surface area contributed by atoms with E-state index in [1.165, 1.54) is 0 Å². The Morgan fingerprint density at radius 2 is 1.65 bits per heavy atom. The van der Waals surface area contributed by atoms with Gasteiger partial charge in [-0.25, -0.2) is 4.99 Å². The Morgan fingerprint density at radius 3 is 2.20 bits per heavy atom. The molecule has 4 N–H and O–H groups in total. The number of rotatable bonds is 1. The molecule has 0 spiro atoms. The molecule has 4 nitrogen and oxygen atoms in total. The summed E-state index contributed by atoms with van der Waals surface area (Å²) in [6.45, 7) is 5.68. The summed E-state index contributed by atoms with van der Waals surface area (Å²) in [5, 5.41) is 0.0178. The number of nitrogens with two attached hydrogens (primary N) is 2. The van der Waals surface area contributed by atoms with E-state index >= 15 is 0 Å². The maximum Gasteiger partial charge on any atom is 0.202 e. The van der Waals surface area contributed by atoms with Crippen LogP contribution in [0.1, 0.15) is 20.8 Å². The van der Waals surface area contributed by atoms with E-state index in [4.69, 9.17) is 23.1 Å². The first-order valence-corrected chi connectivity index (χ1v) is 6.69. The molecule has 0 heterocycles. The van der Waals surface area contributed by atoms with E-state index < -0.39 is 0 Å². The lowest BCUT2D eigenvalue weighted by Gasteiger charge is -2.12. The number of benzene rings is 1. The van der Waals surface area contributed by atoms with Crippen molar-refractivity contribution < 1.29 is 4.79 Å². The minimum atomic E-state index is -0.259. The summed E-state index contributed by atoms with van der Waals surface area (Å²) < 4.78 is 0. The van der Waals surface area contributed by atoms with E-state index in [1.807, 2.05) is 13.8 Å². The molecule has 0 saturated heterocycles. The van der Waals surface area contributed by atoms with Crippen molar-refractivity contribution in [2.75, 3.05) is 5.73 Å². The molecular weight excluding hydrogens is 274 g/mol. The number of allylic oxidation sites excluding steroid dienone is 3. The lowest BCUT2D eigenvalue weighted by molar-refractivity contribution is -0.111. The average molecular weight is 292 g/mol. The number of anilines is 1. The molecule has 0 fully saturated rings. The SMILES string of the molecule is CC.CC1=CC(=Nc2ccc(N)cc2)C(N)=C(Cl)C1=O. The molecule has 1 aliphatic rings. The van der Waals surface area contributed by atoms with Gasteiger partial charge in [-0.05, 0) is 37.3 Å². The quantitative estimate of drug-likeness (QED) is 0.615. The zero-order chi connectivity index (χ0) is 15.3. The van der Waals surface area contributed by atoms with Gasteiger partial charge in [0.25, 0.3) is 0 Å². The van der Waals surface area contributed by atoms with Crippen molar-refractivity contribution in [2.24, 2.45) is 10.7 Å². The predicted molar refractivity (Wildman–Crippen MR) is 85.1 cm³/mol. The van der Waals surface area contributed by atoms with Gasteiger partial charge in [0.05, 0.1) is 17.1 Å². The van der Waals surface area contributed by atoms with Crippen LogP contribution in [0.4, 0.5) is 11.4 Å². The Bertz CT molecular complexity index is 598. The molecule has 0 aromatic heterocycles. The van der Waals surface area contributed by atoms with Gasteiger partial charge in [0.1, 0.15) is 5.03 Å². The smallest absolute Gasteiger partial charge is 0.202 e. The van der Waals surface area contributed by atoms with Gasteiger partial charge in [0.2, 0.25) is 5.78 Å². The molecule has 0 bridgehead atoms. The second kappa shape index (κ2) is 6.91. The van der Waals surface area contributed by atoms with E-state index in [0.717, 1.165) is 0 Å². The van der Waals surface area contributed by atoms with Crippen molar-refractivity contribution in [3.8, 4) is 0 Å². The summed E-state index contributed by atoms with van der Waals surface area (Å²) in [6, 6.07) is 7.02. The summed E-state index contributed by atoms with van der Waals surface area (Å²) in [7, 11) is 0. The number of nitrogens with zero attached hydrogens (tertiary/aromatic N) is 1. The summed E-state index contributed by atoms with van der Waals surface area (Å²) in [4.78, 5) is 15.9. The highest BCUT2D eigenvalue weighted by molar-refractivity contribution is 6.49. The first-order valence-electron chi connectivity index (χ1n) is 6.32. The predicted octanol–water partition coefficient (Wildman–Crippen LogP) is 3.31. The van der Waals surface area contributed by atoms with Crippen LogP contribution in [0.2, 0.25) is 0 Å². The normalized spacial score (nSPS) is 16.7. The van der Waals surface area contributed by atoms with Gasteiger partial charge in [0, 0.05) is 11.3 Å². The van der Waals surface area contributed by atoms with E-state index in [1.54, 1.807) is 37.3 Å². The zero-order valence-electron chi connectivity index (χ0n) is 11.8. The number of carbonyl (C=O) groups excluding carboxylic acids is 1. The number of Topliss-reactive ketones (excluding diaryl/α,β-unsaturated/α-hetero) is 1. The molecule has 106 valence electrons. The third-order valence-electron chi connectivity index (χ3n) is 2.57. The molecule has 0 unspecified atom stereocenters. The monoisotopic (exact) mass is 291 g/mol. The van der Waals surface area contributed by atoms with Crippen molar-refractivity contribution in [3.63, 3.8) is 0 Å². The molecule has 0 atom stereocenters. The number of halogens is 1. The number of nitrogen functional groups attached to an aromatic ring is 1. The van der Waals surface area contributed by atoms with Crippen molar-refractivity contribution in [3.05, 3.63) is 46.6 Å². The van der Waals surface area contributed by atoms with Gasteiger partial charge in [-0.2, -0.15) is 0 Å². The van der Waals surface area contributed by atoms with E-state index in [9.17, 15) is 4.79 Å². The van der Waals surface area contributed by atoms with Crippen LogP contribution in [0.25, 0.3) is 0 Å². The average Bonchev–Trinajstić information content (AvgIpc) is 2.47. The number of aliphatic imine (C=N–C) groups is 1. The molecule has 2 rings (SSSR count). The van der Waals surface area contributed by atoms with Gasteiger partial charge in [0.15, 0.2) is 0 Å². The molecule has 1 aromatic carbocycles. The number of hydrogen-bond donors (Lipinski definition) is 2. The van der Waals surface area contributed by atoms with Gasteiger partial charge < -0.3 is 11.5 Å². The van der Waals surface area contributed by atoms with Crippen LogP contribution < -0.4 is 11.5 Å². The fourth-order valence-electron chi connectivity index (χ4n) is 1.54. The van der Waals surface area contributed by atoms with Crippen LogP contribution >= 0.6 is 11.6 Å². The fraction of sp³-hybridized carbons (Fsp3) is 0.200. The van der Waals surface area contributed by atoms with Crippen molar-refractivity contribution in [2.45, 2.75) is 20.8 Å². The number of carbonyl (C=O) groups is 1. The van der Waals surface area contributed by atoms with Crippen molar-refractivity contribution >= 4 is 34.5 Å². The first-order chi connectivity index (χ1) is 9.49. The second-order valence-electron chi connectivity index (χ2n) is 3.97. The Kier molecular flexibility index (Phi) is 5.53. The largest absolute Gasteiger partial charge is 0.399 e. The molecule has 0 saturated carbocycles. The maximum atomic E-state index is 11.6. The molecular formula is C15H18ClN3O. The van der Waals surface area contributed by atoms with Gasteiger partial charge in [-0.3, -0.25) is 4.79 Å². The van der Waals surface area contributed by atoms with Crippen LogP contribution in [0.15, 0.2) is 51.6 Å². The fourth-order valence-corrected chi connectivity index (χ4v) is 1.78. The van der Waals surface area contributed by atoms with Crippen LogP contribution in [0.5, 0.6) is 0 Å². The molecule has 1 aliphatic carbocycles. The number of ketones is 1. The molecule has 0 amide bonds. The van der Waals surface area contributed by atoms with E-state index in [-0.39, 0.29) is 16.5 Å². The van der Waals surface area contributed by atoms with Crippen LogP contribution in [-0.2, 0) is 4.79 Å². The standard InChI is InChI=1S/C13H12ClN3O.C2H6/c1-7-6-10(12(16)11(14)13(7)18)17-9-4-2-8(15)3-5-9;1-2/h2-6H,15-16H2,1H3;1-2H3. The van der Waals surface area contributed by atoms with E-state index in [0.29, 0.717) is 22.7 Å². The minimum absolute atomic E-state index is 0.0178. The molecule has 1 aromatic rings. The Labute approximate surface area is 123 Å². The molecule has 5 heteroatoms. The van der Waals surface area contributed by atoms with E-state index in [2.05, 4.69) is 4.99 Å². The van der Waals surface area contributed by atoms with Crippen LogP contribution in [-0.4, -0.2) is 11.5 Å². The van der Waals surface area contributed by atoms with Crippen molar-refractivity contribution in [1.82, 2.24) is 0 Å². The highest BCUT2D eigenvalue weighted by atomic mass is 35.5. The summed E-state index contributed by atoms with van der Waals surface area (Å²) in [6.07, 6.45) is 1.62. The van der Waals surface area contributed by atoms with Gasteiger partial charge in [-0.1, -0.05) is 25.4 Å². The lowest BCUT2D eigenvalue weighted by atomic mass is 10.0. The molecule has 0 radical (unpaired) electrons. The minimum Gasteiger partial charge on any atom is -0.399 e. The second-order valence-corrected chi connectivity index (χ2v) is 4.35. The van der Waals surface area contributed by atoms with Crippen LogP contribution in [0.3, 0.4) is 0 Å². The Morgan fingerprint density at radius 1 is 1.10 bits per heavy atom. The van der Waals surface area contributed by atoms with Crippen molar-refractivity contribution in [1.29, 1.82) is 0 Å². The summed E-state index contributed by atoms with van der Waals surface area (Å²) in [5.74, 6) is -0.259. The Balaban J connectivity index is 0.000000956. The number of hydrogen-bond acceptors (Lipinski definition) is 4. The molecule has 0 aliphatic heterocycles. The highest BCUT2D eigenvalue weighted by Crippen LogP contribution is 2.23. The summed E-state index contributed by atoms with van der Waals surface area (Å²) >= 11 is 5.86. The zero-order valence-corrected chi connectivity index (χ0v) is 12.5. The topological polar surface area (TPSA) is 81.5 Å². The van der Waals surface area contributed by atoms with Crippen LogP contribution in [0, 0.1) is 0 Å². The lowest BCUT2D eigenvalue weighted by Crippen LogP contribution is -2.20. The first kappa shape index (κ1) is 16.0. The third-order valence-corrected chi connectivity index (χ3v) is 2.94. The van der Waals surface area contributed by atoms with Gasteiger partial charge in [-0.15, -0.1) is 0 Å². The maximum absolute atomic E-state index is 11.6. The Hall–Kier alpha value is -2.07.